The van der Waals surface area contributed by atoms with Crippen LogP contribution >= 0.6 is 22.6 Å². The third kappa shape index (κ3) is 1.16. The molecule has 3 N–H and O–H groups in total. The minimum absolute atomic E-state index is 0.727. The fourth-order valence-electron chi connectivity index (χ4n) is 1.26. The van der Waals surface area contributed by atoms with Crippen LogP contribution < -0.4 is 5.73 Å². The van der Waals surface area contributed by atoms with E-state index in [0.717, 1.165) is 15.9 Å². The van der Waals surface area contributed by atoms with E-state index in [1.165, 1.54) is 12.8 Å². The van der Waals surface area contributed by atoms with Crippen molar-refractivity contribution in [1.82, 2.24) is 0 Å². The molecule has 2 heteroatoms. The molecular weight excluding hydrogens is 213 g/mol. The van der Waals surface area contributed by atoms with E-state index in [0.29, 0.717) is 0 Å². The lowest BCUT2D eigenvalue weighted by Crippen LogP contribution is -2.63. The van der Waals surface area contributed by atoms with Gasteiger partial charge in [0, 0.05) is 6.42 Å². The van der Waals surface area contributed by atoms with E-state index in [2.05, 4.69) is 35.2 Å². The molecule has 0 heterocycles. The lowest BCUT2D eigenvalue weighted by Gasteiger charge is -2.06. The van der Waals surface area contributed by atoms with Crippen molar-refractivity contribution in [2.45, 2.75) is 29.7 Å². The second kappa shape index (κ2) is 2.52. The SMILES string of the molecule is CC1CCC([NH3+])C1I. The summed E-state index contributed by atoms with van der Waals surface area (Å²) >= 11 is 2.52. The lowest BCUT2D eigenvalue weighted by atomic mass is 10.1. The predicted molar refractivity (Wildman–Crippen MR) is 42.9 cm³/mol. The van der Waals surface area contributed by atoms with Gasteiger partial charge in [0.2, 0.25) is 0 Å². The van der Waals surface area contributed by atoms with E-state index < -0.39 is 0 Å². The van der Waals surface area contributed by atoms with Crippen LogP contribution in [0.25, 0.3) is 0 Å². The molecule has 1 nitrogen and oxygen atoms in total. The highest BCUT2D eigenvalue weighted by molar-refractivity contribution is 14.1. The number of hydrogen-bond donors (Lipinski definition) is 1. The summed E-state index contributed by atoms with van der Waals surface area (Å²) in [6, 6.07) is 0.727. The zero-order valence-electron chi connectivity index (χ0n) is 5.23. The van der Waals surface area contributed by atoms with Crippen LogP contribution in [-0.2, 0) is 0 Å². The standard InChI is InChI=1S/C6H12IN/c1-4-2-3-5(8)6(4)7/h4-6H,2-3,8H2,1H3/p+1. The molecule has 1 rings (SSSR count). The molecule has 1 fully saturated rings. The molecule has 0 radical (unpaired) electrons. The first-order chi connectivity index (χ1) is 3.72. The summed E-state index contributed by atoms with van der Waals surface area (Å²) in [5.74, 6) is 0.915. The molecule has 48 valence electrons. The Morgan fingerprint density at radius 2 is 2.12 bits per heavy atom. The number of quaternary nitrogens is 1. The maximum Gasteiger partial charge on any atom is 0.0965 e. The molecule has 0 aliphatic heterocycles. The molecule has 3 atom stereocenters. The Morgan fingerprint density at radius 3 is 2.25 bits per heavy atom. The van der Waals surface area contributed by atoms with Gasteiger partial charge in [-0.25, -0.2) is 0 Å². The summed E-state index contributed by atoms with van der Waals surface area (Å²) in [4.78, 5) is 0. The maximum absolute atomic E-state index is 4.06. The number of hydrogen-bond acceptors (Lipinski definition) is 0. The van der Waals surface area contributed by atoms with Crippen LogP contribution in [0.3, 0.4) is 0 Å². The first kappa shape index (κ1) is 6.81. The normalized spacial score (nSPS) is 47.6. The average Bonchev–Trinajstić information content (AvgIpc) is 1.98. The molecule has 1 saturated carbocycles. The van der Waals surface area contributed by atoms with Gasteiger partial charge >= 0.3 is 0 Å². The van der Waals surface area contributed by atoms with Crippen molar-refractivity contribution in [3.63, 3.8) is 0 Å². The molecule has 0 aromatic rings. The largest absolute Gasteiger partial charge is 0.354 e. The second-order valence-electron chi connectivity index (χ2n) is 2.76. The zero-order chi connectivity index (χ0) is 6.15. The monoisotopic (exact) mass is 226 g/mol. The number of alkyl halides is 1. The van der Waals surface area contributed by atoms with Crippen LogP contribution in [0.4, 0.5) is 0 Å². The Balaban J connectivity index is 2.44. The fourth-order valence-corrected chi connectivity index (χ4v) is 1.98. The van der Waals surface area contributed by atoms with Crippen LogP contribution in [-0.4, -0.2) is 9.97 Å². The van der Waals surface area contributed by atoms with Crippen LogP contribution in [0, 0.1) is 5.92 Å². The topological polar surface area (TPSA) is 27.6 Å². The minimum atomic E-state index is 0.727. The summed E-state index contributed by atoms with van der Waals surface area (Å²) in [6.45, 7) is 2.32. The quantitative estimate of drug-likeness (QED) is 0.468. The van der Waals surface area contributed by atoms with Gasteiger partial charge in [0.15, 0.2) is 0 Å². The summed E-state index contributed by atoms with van der Waals surface area (Å²) in [5.41, 5.74) is 4.06. The van der Waals surface area contributed by atoms with Crippen molar-refractivity contribution in [1.29, 1.82) is 0 Å². The van der Waals surface area contributed by atoms with Crippen molar-refractivity contribution in [3.05, 3.63) is 0 Å². The Kier molecular flexibility index (Phi) is 2.14. The van der Waals surface area contributed by atoms with E-state index in [4.69, 9.17) is 0 Å². The van der Waals surface area contributed by atoms with Gasteiger partial charge in [-0.05, 0) is 12.3 Å². The number of halogens is 1. The molecule has 0 aromatic heterocycles. The summed E-state index contributed by atoms with van der Waals surface area (Å²) < 4.78 is 0.840. The summed E-state index contributed by atoms with van der Waals surface area (Å²) in [5, 5.41) is 0. The van der Waals surface area contributed by atoms with E-state index in [1.807, 2.05) is 0 Å². The Labute approximate surface area is 64.2 Å². The van der Waals surface area contributed by atoms with Crippen molar-refractivity contribution in [2.75, 3.05) is 0 Å². The number of rotatable bonds is 0. The van der Waals surface area contributed by atoms with Crippen LogP contribution in [0.2, 0.25) is 0 Å². The molecule has 8 heavy (non-hydrogen) atoms. The van der Waals surface area contributed by atoms with Crippen LogP contribution in [0.15, 0.2) is 0 Å². The van der Waals surface area contributed by atoms with Gasteiger partial charge in [-0.2, -0.15) is 0 Å². The highest BCUT2D eigenvalue weighted by Gasteiger charge is 2.30. The fraction of sp³-hybridized carbons (Fsp3) is 1.00. The predicted octanol–water partition coefficient (Wildman–Crippen LogP) is 0.830. The minimum Gasteiger partial charge on any atom is -0.354 e. The van der Waals surface area contributed by atoms with Gasteiger partial charge < -0.3 is 5.73 Å². The summed E-state index contributed by atoms with van der Waals surface area (Å²) in [7, 11) is 0. The molecule has 0 saturated heterocycles. The molecule has 3 unspecified atom stereocenters. The van der Waals surface area contributed by atoms with Gasteiger partial charge in [-0.15, -0.1) is 0 Å². The Hall–Kier alpha value is 0.690. The van der Waals surface area contributed by atoms with Gasteiger partial charge in [-0.1, -0.05) is 29.5 Å². The molecule has 0 spiro atoms. The van der Waals surface area contributed by atoms with Gasteiger partial charge in [0.25, 0.3) is 0 Å². The third-order valence-corrected chi connectivity index (χ3v) is 4.23. The Morgan fingerprint density at radius 1 is 1.50 bits per heavy atom. The van der Waals surface area contributed by atoms with Crippen molar-refractivity contribution < 1.29 is 5.73 Å². The van der Waals surface area contributed by atoms with Gasteiger partial charge in [-0.3, -0.25) is 0 Å². The molecular formula is C6H13IN+. The third-order valence-electron chi connectivity index (χ3n) is 1.99. The van der Waals surface area contributed by atoms with E-state index in [9.17, 15) is 0 Å². The Bertz CT molecular complexity index is 74.6. The lowest BCUT2D eigenvalue weighted by molar-refractivity contribution is -0.414. The average molecular weight is 226 g/mol. The van der Waals surface area contributed by atoms with Crippen molar-refractivity contribution >= 4 is 22.6 Å². The highest BCUT2D eigenvalue weighted by Crippen LogP contribution is 2.29. The first-order valence-electron chi connectivity index (χ1n) is 3.19. The zero-order valence-corrected chi connectivity index (χ0v) is 7.39. The molecule has 0 aromatic carbocycles. The smallest absolute Gasteiger partial charge is 0.0965 e. The summed E-state index contributed by atoms with van der Waals surface area (Å²) in [6.07, 6.45) is 2.73. The van der Waals surface area contributed by atoms with Gasteiger partial charge in [0.05, 0.1) is 9.97 Å². The second-order valence-corrected chi connectivity index (χ2v) is 4.20. The highest BCUT2D eigenvalue weighted by atomic mass is 127. The first-order valence-corrected chi connectivity index (χ1v) is 4.43. The van der Waals surface area contributed by atoms with Crippen LogP contribution in [0.1, 0.15) is 19.8 Å². The van der Waals surface area contributed by atoms with E-state index in [-0.39, 0.29) is 0 Å². The molecule has 1 aliphatic rings. The van der Waals surface area contributed by atoms with E-state index in [1.54, 1.807) is 0 Å². The molecule has 1 aliphatic carbocycles. The molecule has 0 bridgehead atoms. The van der Waals surface area contributed by atoms with Crippen molar-refractivity contribution in [2.24, 2.45) is 5.92 Å². The molecule has 0 amide bonds. The van der Waals surface area contributed by atoms with Crippen molar-refractivity contribution in [3.8, 4) is 0 Å². The van der Waals surface area contributed by atoms with E-state index >= 15 is 0 Å². The maximum atomic E-state index is 4.06. The van der Waals surface area contributed by atoms with Gasteiger partial charge in [0.1, 0.15) is 0 Å². The van der Waals surface area contributed by atoms with Crippen LogP contribution in [0.5, 0.6) is 0 Å².